The monoisotopic (exact) mass is 210 g/mol. The van der Waals surface area contributed by atoms with E-state index in [9.17, 15) is 4.79 Å². The smallest absolute Gasteiger partial charge is 0.193 e. The molecule has 0 spiro atoms. The molecule has 0 N–H and O–H groups in total. The fourth-order valence-corrected chi connectivity index (χ4v) is 2.12. The van der Waals surface area contributed by atoms with Gasteiger partial charge in [0.2, 0.25) is 0 Å². The van der Waals surface area contributed by atoms with Gasteiger partial charge < -0.3 is 4.74 Å². The third-order valence-electron chi connectivity index (χ3n) is 3.17. The van der Waals surface area contributed by atoms with Gasteiger partial charge in [0, 0.05) is 6.92 Å². The average Bonchev–Trinajstić information content (AvgIpc) is 2.12. The van der Waals surface area contributed by atoms with E-state index in [2.05, 4.69) is 13.5 Å². The maximum absolute atomic E-state index is 11.1. The Labute approximate surface area is 92.7 Å². The van der Waals surface area contributed by atoms with Gasteiger partial charge in [-0.05, 0) is 32.6 Å². The molecule has 15 heavy (non-hydrogen) atoms. The minimum atomic E-state index is -0.164. The zero-order valence-corrected chi connectivity index (χ0v) is 9.97. The summed E-state index contributed by atoms with van der Waals surface area (Å²) in [7, 11) is 0. The molecule has 1 saturated carbocycles. The van der Waals surface area contributed by atoms with Crippen LogP contribution in [0.1, 0.15) is 58.8 Å². The Hall–Kier alpha value is -0.790. The van der Waals surface area contributed by atoms with Crippen LogP contribution in [0.25, 0.3) is 0 Å². The van der Waals surface area contributed by atoms with Crippen LogP contribution in [0.4, 0.5) is 0 Å². The van der Waals surface area contributed by atoms with Gasteiger partial charge in [-0.25, -0.2) is 0 Å². The highest BCUT2D eigenvalue weighted by Gasteiger charge is 2.27. The largest absolute Gasteiger partial charge is 0.484 e. The molecular weight excluding hydrogens is 188 g/mol. The molecule has 0 unspecified atom stereocenters. The van der Waals surface area contributed by atoms with Crippen LogP contribution in [0.3, 0.4) is 0 Å². The van der Waals surface area contributed by atoms with Crippen LogP contribution in [0, 0.1) is 0 Å². The van der Waals surface area contributed by atoms with Crippen molar-refractivity contribution in [2.24, 2.45) is 0 Å². The van der Waals surface area contributed by atoms with Gasteiger partial charge in [0.1, 0.15) is 5.60 Å². The highest BCUT2D eigenvalue weighted by Crippen LogP contribution is 2.30. The lowest BCUT2D eigenvalue weighted by Gasteiger charge is -2.32. The first-order valence-electron chi connectivity index (χ1n) is 5.92. The van der Waals surface area contributed by atoms with Crippen molar-refractivity contribution < 1.29 is 9.53 Å². The second kappa shape index (κ2) is 5.34. The number of carbonyl (C=O) groups excluding carboxylic acids is 1. The lowest BCUT2D eigenvalue weighted by Crippen LogP contribution is -2.30. The summed E-state index contributed by atoms with van der Waals surface area (Å²) in [6.45, 7) is 7.29. The van der Waals surface area contributed by atoms with Gasteiger partial charge in [-0.15, -0.1) is 0 Å². The first-order chi connectivity index (χ1) is 7.03. The fraction of sp³-hybridized carbons (Fsp3) is 0.769. The topological polar surface area (TPSA) is 26.3 Å². The van der Waals surface area contributed by atoms with E-state index >= 15 is 0 Å². The van der Waals surface area contributed by atoms with E-state index in [1.54, 1.807) is 0 Å². The molecule has 0 aromatic carbocycles. The molecule has 1 aliphatic carbocycles. The minimum Gasteiger partial charge on any atom is -0.484 e. The molecule has 0 aromatic heterocycles. The maximum Gasteiger partial charge on any atom is 0.193 e. The third-order valence-corrected chi connectivity index (χ3v) is 3.17. The van der Waals surface area contributed by atoms with E-state index in [1.807, 2.05) is 0 Å². The Balaban J connectivity index is 2.53. The van der Waals surface area contributed by atoms with Crippen molar-refractivity contribution in [3.8, 4) is 0 Å². The minimum absolute atomic E-state index is 0.0571. The van der Waals surface area contributed by atoms with Crippen LogP contribution >= 0.6 is 0 Å². The molecule has 0 aliphatic heterocycles. The lowest BCUT2D eigenvalue weighted by atomic mass is 9.88. The zero-order chi connectivity index (χ0) is 11.3. The van der Waals surface area contributed by atoms with Crippen LogP contribution in [-0.2, 0) is 9.53 Å². The molecule has 2 nitrogen and oxygen atoms in total. The van der Waals surface area contributed by atoms with E-state index in [0.29, 0.717) is 5.76 Å². The fourth-order valence-electron chi connectivity index (χ4n) is 2.12. The van der Waals surface area contributed by atoms with E-state index in [0.717, 1.165) is 12.8 Å². The molecule has 0 radical (unpaired) electrons. The summed E-state index contributed by atoms with van der Waals surface area (Å²) in [5.74, 6) is 0.261. The molecule has 1 fully saturated rings. The van der Waals surface area contributed by atoms with Crippen molar-refractivity contribution in [3.05, 3.63) is 12.3 Å². The summed E-state index contributed by atoms with van der Waals surface area (Å²) < 4.78 is 5.73. The molecule has 0 heterocycles. The predicted octanol–water partition coefficient (Wildman–Crippen LogP) is 3.61. The van der Waals surface area contributed by atoms with Gasteiger partial charge >= 0.3 is 0 Å². The van der Waals surface area contributed by atoms with Crippen LogP contribution in [-0.4, -0.2) is 11.4 Å². The highest BCUT2D eigenvalue weighted by atomic mass is 16.5. The summed E-state index contributed by atoms with van der Waals surface area (Å²) in [6.07, 6.45) is 8.38. The van der Waals surface area contributed by atoms with Gasteiger partial charge in [-0.1, -0.05) is 25.8 Å². The van der Waals surface area contributed by atoms with Crippen LogP contribution in [0.2, 0.25) is 0 Å². The van der Waals surface area contributed by atoms with Gasteiger partial charge in [0.25, 0.3) is 0 Å². The molecule has 0 atom stereocenters. The molecule has 0 saturated heterocycles. The van der Waals surface area contributed by atoms with E-state index in [1.165, 1.54) is 39.0 Å². The summed E-state index contributed by atoms with van der Waals surface area (Å²) in [6, 6.07) is 0. The van der Waals surface area contributed by atoms with Crippen molar-refractivity contribution in [1.82, 2.24) is 0 Å². The molecule has 0 amide bonds. The van der Waals surface area contributed by atoms with E-state index < -0.39 is 0 Å². The number of carbonyl (C=O) groups is 1. The van der Waals surface area contributed by atoms with Gasteiger partial charge in [0.05, 0.1) is 0 Å². The standard InChI is InChI=1S/C13H22O2/c1-11(14)12(2)15-13(3)9-7-5-4-6-8-10-13/h2,4-10H2,1,3H3. The quantitative estimate of drug-likeness (QED) is 0.525. The summed E-state index contributed by atoms with van der Waals surface area (Å²) >= 11 is 0. The van der Waals surface area contributed by atoms with Crippen LogP contribution in [0.5, 0.6) is 0 Å². The maximum atomic E-state index is 11.1. The van der Waals surface area contributed by atoms with E-state index in [-0.39, 0.29) is 11.4 Å². The van der Waals surface area contributed by atoms with Crippen molar-refractivity contribution >= 4 is 5.78 Å². The molecule has 2 heteroatoms. The van der Waals surface area contributed by atoms with Crippen LogP contribution < -0.4 is 0 Å². The number of allylic oxidation sites excluding steroid dienone is 1. The number of hydrogen-bond acceptors (Lipinski definition) is 2. The Bertz CT molecular complexity index is 235. The summed E-state index contributed by atoms with van der Waals surface area (Å²) in [4.78, 5) is 11.1. The summed E-state index contributed by atoms with van der Waals surface area (Å²) in [5, 5.41) is 0. The third kappa shape index (κ3) is 4.06. The van der Waals surface area contributed by atoms with Gasteiger partial charge in [-0.3, -0.25) is 4.79 Å². The molecule has 86 valence electrons. The highest BCUT2D eigenvalue weighted by molar-refractivity contribution is 5.90. The number of ketones is 1. The second-order valence-corrected chi connectivity index (χ2v) is 4.80. The molecular formula is C13H22O2. The Morgan fingerprint density at radius 2 is 1.60 bits per heavy atom. The molecule has 1 aliphatic rings. The number of hydrogen-bond donors (Lipinski definition) is 0. The second-order valence-electron chi connectivity index (χ2n) is 4.80. The molecule has 0 aromatic rings. The predicted molar refractivity (Wildman–Crippen MR) is 61.6 cm³/mol. The lowest BCUT2D eigenvalue weighted by molar-refractivity contribution is -0.120. The van der Waals surface area contributed by atoms with Gasteiger partial charge in [-0.2, -0.15) is 0 Å². The summed E-state index contributed by atoms with van der Waals surface area (Å²) in [5.41, 5.74) is -0.164. The SMILES string of the molecule is C=C(OC1(C)CCCCCCC1)C(C)=O. The van der Waals surface area contributed by atoms with Crippen molar-refractivity contribution in [2.75, 3.05) is 0 Å². The number of rotatable bonds is 3. The van der Waals surface area contributed by atoms with Crippen molar-refractivity contribution in [1.29, 1.82) is 0 Å². The average molecular weight is 210 g/mol. The number of ether oxygens (including phenoxy) is 1. The number of Topliss-reactive ketones (excluding diaryl/α,β-unsaturated/α-hetero) is 1. The first-order valence-corrected chi connectivity index (χ1v) is 5.92. The zero-order valence-electron chi connectivity index (χ0n) is 9.97. The Morgan fingerprint density at radius 3 is 2.07 bits per heavy atom. The van der Waals surface area contributed by atoms with Crippen molar-refractivity contribution in [3.63, 3.8) is 0 Å². The Morgan fingerprint density at radius 1 is 1.13 bits per heavy atom. The van der Waals surface area contributed by atoms with E-state index in [4.69, 9.17) is 4.74 Å². The van der Waals surface area contributed by atoms with Crippen LogP contribution in [0.15, 0.2) is 12.3 Å². The molecule has 0 bridgehead atoms. The van der Waals surface area contributed by atoms with Crippen molar-refractivity contribution in [2.45, 2.75) is 64.4 Å². The first kappa shape index (κ1) is 12.3. The Kier molecular flexibility index (Phi) is 4.37. The van der Waals surface area contributed by atoms with Gasteiger partial charge in [0.15, 0.2) is 11.5 Å². The molecule has 1 rings (SSSR count). The normalized spacial score (nSPS) is 21.2.